The van der Waals surface area contributed by atoms with Crippen molar-refractivity contribution in [1.82, 2.24) is 0 Å². The predicted octanol–water partition coefficient (Wildman–Crippen LogP) is 4.62. The lowest BCUT2D eigenvalue weighted by atomic mass is 10.2. The van der Waals surface area contributed by atoms with Crippen LogP contribution in [0.2, 0.25) is 0 Å². The first-order valence-electron chi connectivity index (χ1n) is 8.01. The third-order valence-corrected chi connectivity index (χ3v) is 3.59. The van der Waals surface area contributed by atoms with Crippen LogP contribution in [0.5, 0.6) is 5.75 Å². The minimum absolute atomic E-state index is 0.0443. The van der Waals surface area contributed by atoms with Gasteiger partial charge in [0.05, 0.1) is 16.8 Å². The van der Waals surface area contributed by atoms with Gasteiger partial charge in [0.1, 0.15) is 12.4 Å². The second-order valence-corrected chi connectivity index (χ2v) is 5.52. The van der Waals surface area contributed by atoms with Crippen LogP contribution in [0.15, 0.2) is 84.0 Å². The summed E-state index contributed by atoms with van der Waals surface area (Å²) in [6.07, 6.45) is 1.66. The number of nitrogens with zero attached hydrogens (tertiary/aromatic N) is 2. The molecule has 0 aliphatic carbocycles. The predicted molar refractivity (Wildman–Crippen MR) is 102 cm³/mol. The highest BCUT2D eigenvalue weighted by Gasteiger charge is 2.03. The summed E-state index contributed by atoms with van der Waals surface area (Å²) in [5.74, 6) is 0.758. The van der Waals surface area contributed by atoms with Gasteiger partial charge in [0.2, 0.25) is 0 Å². The topological polar surface area (TPSA) is 76.8 Å². The van der Waals surface area contributed by atoms with Crippen molar-refractivity contribution in [3.8, 4) is 5.75 Å². The molecular weight excluding hydrogens is 330 g/mol. The second kappa shape index (κ2) is 8.43. The van der Waals surface area contributed by atoms with E-state index >= 15 is 0 Å². The van der Waals surface area contributed by atoms with E-state index in [0.717, 1.165) is 16.9 Å². The molecule has 0 aromatic heterocycles. The molecule has 3 rings (SSSR count). The van der Waals surface area contributed by atoms with Crippen LogP contribution in [-0.2, 0) is 6.61 Å². The minimum atomic E-state index is -0.437. The van der Waals surface area contributed by atoms with Crippen molar-refractivity contribution < 1.29 is 9.66 Å². The van der Waals surface area contributed by atoms with Crippen molar-refractivity contribution in [1.29, 1.82) is 0 Å². The van der Waals surface area contributed by atoms with Crippen molar-refractivity contribution in [3.63, 3.8) is 0 Å². The van der Waals surface area contributed by atoms with E-state index in [-0.39, 0.29) is 5.69 Å². The molecule has 0 radical (unpaired) electrons. The Labute approximate surface area is 150 Å². The molecule has 6 heteroatoms. The fourth-order valence-corrected chi connectivity index (χ4v) is 2.26. The summed E-state index contributed by atoms with van der Waals surface area (Å²) in [6, 6.07) is 23.6. The first kappa shape index (κ1) is 17.2. The number of nitro groups is 1. The number of benzene rings is 3. The van der Waals surface area contributed by atoms with Crippen molar-refractivity contribution in [2.45, 2.75) is 6.61 Å². The lowest BCUT2D eigenvalue weighted by Gasteiger charge is -2.06. The average Bonchev–Trinajstić information content (AvgIpc) is 2.68. The Bertz CT molecular complexity index is 894. The highest BCUT2D eigenvalue weighted by Crippen LogP contribution is 2.16. The fourth-order valence-electron chi connectivity index (χ4n) is 2.26. The Balaban J connectivity index is 1.57. The van der Waals surface area contributed by atoms with Gasteiger partial charge in [-0.1, -0.05) is 42.5 Å². The van der Waals surface area contributed by atoms with Crippen molar-refractivity contribution in [2.24, 2.45) is 5.10 Å². The zero-order valence-corrected chi connectivity index (χ0v) is 13.9. The molecule has 0 atom stereocenters. The zero-order valence-electron chi connectivity index (χ0n) is 13.9. The normalized spacial score (nSPS) is 10.6. The molecule has 1 N–H and O–H groups in total. The van der Waals surface area contributed by atoms with Gasteiger partial charge in [-0.3, -0.25) is 15.5 Å². The maximum Gasteiger partial charge on any atom is 0.269 e. The summed E-state index contributed by atoms with van der Waals surface area (Å²) in [5.41, 5.74) is 5.54. The summed E-state index contributed by atoms with van der Waals surface area (Å²) >= 11 is 0. The number of non-ortho nitro benzene ring substituents is 1. The SMILES string of the molecule is O=[N+]([O-])c1ccc(N/N=C\c2cccc(OCc3ccccc3)c2)cc1. The molecule has 26 heavy (non-hydrogen) atoms. The third kappa shape index (κ3) is 4.91. The van der Waals surface area contributed by atoms with Crippen LogP contribution in [0.25, 0.3) is 0 Å². The van der Waals surface area contributed by atoms with Gasteiger partial charge in [-0.2, -0.15) is 5.10 Å². The van der Waals surface area contributed by atoms with E-state index in [4.69, 9.17) is 4.74 Å². The van der Waals surface area contributed by atoms with Crippen molar-refractivity contribution in [3.05, 3.63) is 100 Å². The molecule has 6 nitrogen and oxygen atoms in total. The standard InChI is InChI=1S/C20H17N3O3/c24-23(25)19-11-9-18(10-12-19)22-21-14-17-7-4-8-20(13-17)26-15-16-5-2-1-3-6-16/h1-14,22H,15H2/b21-14-. The second-order valence-electron chi connectivity index (χ2n) is 5.52. The van der Waals surface area contributed by atoms with Gasteiger partial charge in [-0.15, -0.1) is 0 Å². The highest BCUT2D eigenvalue weighted by molar-refractivity contribution is 5.80. The molecule has 0 bridgehead atoms. The molecular formula is C20H17N3O3. The molecule has 3 aromatic rings. The number of hydrogen-bond acceptors (Lipinski definition) is 5. The summed E-state index contributed by atoms with van der Waals surface area (Å²) < 4.78 is 5.79. The van der Waals surface area contributed by atoms with Gasteiger partial charge in [-0.05, 0) is 35.4 Å². The van der Waals surface area contributed by atoms with Crippen LogP contribution in [0, 0.1) is 10.1 Å². The van der Waals surface area contributed by atoms with Crippen LogP contribution in [0.1, 0.15) is 11.1 Å². The molecule has 0 amide bonds. The number of anilines is 1. The minimum Gasteiger partial charge on any atom is -0.489 e. The van der Waals surface area contributed by atoms with E-state index in [1.54, 1.807) is 18.3 Å². The zero-order chi connectivity index (χ0) is 18.2. The van der Waals surface area contributed by atoms with Gasteiger partial charge in [0.25, 0.3) is 5.69 Å². The smallest absolute Gasteiger partial charge is 0.269 e. The van der Waals surface area contributed by atoms with Gasteiger partial charge >= 0.3 is 0 Å². The van der Waals surface area contributed by atoms with Crippen molar-refractivity contribution in [2.75, 3.05) is 5.43 Å². The fraction of sp³-hybridized carbons (Fsp3) is 0.0500. The van der Waals surface area contributed by atoms with Crippen LogP contribution in [0.4, 0.5) is 11.4 Å². The van der Waals surface area contributed by atoms with E-state index in [9.17, 15) is 10.1 Å². The van der Waals surface area contributed by atoms with Gasteiger partial charge < -0.3 is 4.74 Å². The molecule has 0 saturated carbocycles. The number of nitrogens with one attached hydrogen (secondary N) is 1. The largest absolute Gasteiger partial charge is 0.489 e. The van der Waals surface area contributed by atoms with Crippen LogP contribution >= 0.6 is 0 Å². The lowest BCUT2D eigenvalue weighted by Crippen LogP contribution is -1.96. The first-order chi connectivity index (χ1) is 12.7. The molecule has 0 unspecified atom stereocenters. The van der Waals surface area contributed by atoms with E-state index in [2.05, 4.69) is 10.5 Å². The first-order valence-corrected chi connectivity index (χ1v) is 8.01. The number of hydrogen-bond donors (Lipinski definition) is 1. The summed E-state index contributed by atoms with van der Waals surface area (Å²) in [7, 11) is 0. The molecule has 0 spiro atoms. The molecule has 0 fully saturated rings. The highest BCUT2D eigenvalue weighted by atomic mass is 16.6. The van der Waals surface area contributed by atoms with Crippen LogP contribution in [0.3, 0.4) is 0 Å². The van der Waals surface area contributed by atoms with E-state index < -0.39 is 4.92 Å². The van der Waals surface area contributed by atoms with Crippen molar-refractivity contribution >= 4 is 17.6 Å². The number of rotatable bonds is 7. The molecule has 3 aromatic carbocycles. The monoisotopic (exact) mass is 347 g/mol. The number of hydrazone groups is 1. The maximum atomic E-state index is 10.6. The molecule has 0 aliphatic rings. The van der Waals surface area contributed by atoms with Crippen LogP contribution in [-0.4, -0.2) is 11.1 Å². The quantitative estimate of drug-likeness (QED) is 0.384. The summed E-state index contributed by atoms with van der Waals surface area (Å²) in [6.45, 7) is 0.502. The maximum absolute atomic E-state index is 10.6. The summed E-state index contributed by atoms with van der Waals surface area (Å²) in [5, 5.41) is 14.8. The Morgan fingerprint density at radius 1 is 1.00 bits per heavy atom. The van der Waals surface area contributed by atoms with Gasteiger partial charge in [0.15, 0.2) is 0 Å². The molecule has 0 aliphatic heterocycles. The van der Waals surface area contributed by atoms with E-state index in [1.165, 1.54) is 12.1 Å². The van der Waals surface area contributed by atoms with Gasteiger partial charge in [0, 0.05) is 12.1 Å². The lowest BCUT2D eigenvalue weighted by molar-refractivity contribution is -0.384. The summed E-state index contributed by atoms with van der Waals surface area (Å²) in [4.78, 5) is 10.2. The Morgan fingerprint density at radius 2 is 1.77 bits per heavy atom. The Kier molecular flexibility index (Phi) is 5.57. The molecule has 0 heterocycles. The van der Waals surface area contributed by atoms with Gasteiger partial charge in [-0.25, -0.2) is 0 Å². The molecule has 130 valence electrons. The Hall–Kier alpha value is -3.67. The Morgan fingerprint density at radius 3 is 2.50 bits per heavy atom. The third-order valence-electron chi connectivity index (χ3n) is 3.59. The van der Waals surface area contributed by atoms with E-state index in [1.807, 2.05) is 54.6 Å². The average molecular weight is 347 g/mol. The van der Waals surface area contributed by atoms with E-state index in [0.29, 0.717) is 12.3 Å². The number of nitro benzene ring substituents is 1. The number of ether oxygens (including phenoxy) is 1. The molecule has 0 saturated heterocycles. The van der Waals surface area contributed by atoms with Crippen LogP contribution < -0.4 is 10.2 Å².